The molecule has 78 valence electrons. The molecule has 0 saturated heterocycles. The fourth-order valence-electron chi connectivity index (χ4n) is 1.11. The first-order valence-electron chi connectivity index (χ1n) is 4.30. The van der Waals surface area contributed by atoms with Crippen LogP contribution in [0.5, 0.6) is 0 Å². The third-order valence-corrected chi connectivity index (χ3v) is 2.11. The molecular weight excluding hydrogens is 170 g/mol. The van der Waals surface area contributed by atoms with E-state index in [1.165, 1.54) is 7.11 Å². The number of hydrogen-bond acceptors (Lipinski definition) is 4. The number of carbonyl (C=O) groups is 1. The summed E-state index contributed by atoms with van der Waals surface area (Å²) in [6, 6.07) is 0. The Bertz CT molecular complexity index is 168. The highest BCUT2D eigenvalue weighted by Gasteiger charge is 2.27. The van der Waals surface area contributed by atoms with Crippen LogP contribution in [-0.2, 0) is 14.3 Å². The monoisotopic (exact) mass is 189 g/mol. The standard InChI is InChI=1S/C9H19NO3/c1-9(2,13-4)5-7(6-10)8(11)12-3/h7H,5-6,10H2,1-4H3. The minimum atomic E-state index is -0.335. The van der Waals surface area contributed by atoms with Crippen molar-refractivity contribution in [3.05, 3.63) is 0 Å². The first-order chi connectivity index (χ1) is 5.96. The van der Waals surface area contributed by atoms with Crippen LogP contribution in [0.3, 0.4) is 0 Å². The molecule has 0 bridgehead atoms. The van der Waals surface area contributed by atoms with Crippen molar-refractivity contribution in [2.24, 2.45) is 11.7 Å². The summed E-state index contributed by atoms with van der Waals surface area (Å²) in [7, 11) is 2.98. The normalized spacial score (nSPS) is 13.9. The van der Waals surface area contributed by atoms with Crippen LogP contribution in [-0.4, -0.2) is 32.3 Å². The summed E-state index contributed by atoms with van der Waals surface area (Å²) in [4.78, 5) is 11.2. The Morgan fingerprint density at radius 1 is 1.46 bits per heavy atom. The second-order valence-corrected chi connectivity index (χ2v) is 3.62. The molecule has 0 heterocycles. The van der Waals surface area contributed by atoms with Gasteiger partial charge in [0.05, 0.1) is 18.6 Å². The molecular formula is C9H19NO3. The Kier molecular flexibility index (Phi) is 4.95. The molecule has 13 heavy (non-hydrogen) atoms. The van der Waals surface area contributed by atoms with Crippen LogP contribution in [0.25, 0.3) is 0 Å². The van der Waals surface area contributed by atoms with Crippen LogP contribution in [0.2, 0.25) is 0 Å². The lowest BCUT2D eigenvalue weighted by molar-refractivity contribution is -0.147. The molecule has 0 aromatic carbocycles. The molecule has 0 rings (SSSR count). The highest BCUT2D eigenvalue weighted by molar-refractivity contribution is 5.72. The molecule has 0 radical (unpaired) electrons. The summed E-state index contributed by atoms with van der Waals surface area (Å²) in [5, 5.41) is 0. The number of rotatable bonds is 5. The molecule has 0 spiro atoms. The molecule has 1 atom stereocenters. The number of carbonyl (C=O) groups excluding carboxylic acids is 1. The van der Waals surface area contributed by atoms with Crippen molar-refractivity contribution < 1.29 is 14.3 Å². The van der Waals surface area contributed by atoms with Crippen LogP contribution in [0, 0.1) is 5.92 Å². The van der Waals surface area contributed by atoms with Crippen molar-refractivity contribution in [1.82, 2.24) is 0 Å². The van der Waals surface area contributed by atoms with E-state index in [9.17, 15) is 4.79 Å². The second kappa shape index (κ2) is 5.19. The van der Waals surface area contributed by atoms with Gasteiger partial charge >= 0.3 is 5.97 Å². The predicted molar refractivity (Wildman–Crippen MR) is 50.3 cm³/mol. The lowest BCUT2D eigenvalue weighted by Crippen LogP contribution is -2.34. The third kappa shape index (κ3) is 4.24. The lowest BCUT2D eigenvalue weighted by atomic mass is 9.93. The van der Waals surface area contributed by atoms with E-state index in [0.29, 0.717) is 13.0 Å². The maximum atomic E-state index is 11.2. The van der Waals surface area contributed by atoms with Crippen LogP contribution >= 0.6 is 0 Å². The molecule has 0 saturated carbocycles. The Hall–Kier alpha value is -0.610. The summed E-state index contributed by atoms with van der Waals surface area (Å²) in [5.41, 5.74) is 5.12. The molecule has 0 aromatic rings. The first-order valence-corrected chi connectivity index (χ1v) is 4.30. The highest BCUT2D eigenvalue weighted by atomic mass is 16.5. The zero-order valence-electron chi connectivity index (χ0n) is 8.79. The minimum Gasteiger partial charge on any atom is -0.469 e. The van der Waals surface area contributed by atoms with E-state index in [1.54, 1.807) is 7.11 Å². The molecule has 0 aliphatic heterocycles. The summed E-state index contributed by atoms with van der Waals surface area (Å²) in [5.74, 6) is -0.549. The number of esters is 1. The number of ether oxygens (including phenoxy) is 2. The Labute approximate surface area is 79.4 Å². The van der Waals surface area contributed by atoms with E-state index in [2.05, 4.69) is 4.74 Å². The number of nitrogens with two attached hydrogens (primary N) is 1. The molecule has 4 heteroatoms. The van der Waals surface area contributed by atoms with Gasteiger partial charge in [-0.3, -0.25) is 4.79 Å². The van der Waals surface area contributed by atoms with Crippen molar-refractivity contribution in [2.45, 2.75) is 25.9 Å². The predicted octanol–water partition coefficient (Wildman–Crippen LogP) is 0.549. The average Bonchev–Trinajstić information content (AvgIpc) is 2.13. The fraction of sp³-hybridized carbons (Fsp3) is 0.889. The largest absolute Gasteiger partial charge is 0.469 e. The van der Waals surface area contributed by atoms with Crippen LogP contribution in [0.1, 0.15) is 20.3 Å². The van der Waals surface area contributed by atoms with Crippen LogP contribution in [0.15, 0.2) is 0 Å². The van der Waals surface area contributed by atoms with E-state index >= 15 is 0 Å². The molecule has 0 aromatic heterocycles. The zero-order chi connectivity index (χ0) is 10.5. The van der Waals surface area contributed by atoms with E-state index in [1.807, 2.05) is 13.8 Å². The van der Waals surface area contributed by atoms with E-state index in [-0.39, 0.29) is 17.5 Å². The van der Waals surface area contributed by atoms with Crippen LogP contribution in [0.4, 0.5) is 0 Å². The fourth-order valence-corrected chi connectivity index (χ4v) is 1.11. The molecule has 4 nitrogen and oxygen atoms in total. The Balaban J connectivity index is 4.20. The maximum absolute atomic E-state index is 11.2. The Morgan fingerprint density at radius 3 is 2.31 bits per heavy atom. The van der Waals surface area contributed by atoms with Crippen molar-refractivity contribution in [3.63, 3.8) is 0 Å². The summed E-state index contributed by atoms with van der Waals surface area (Å²) in [6.07, 6.45) is 0.576. The van der Waals surface area contributed by atoms with Crippen molar-refractivity contribution in [1.29, 1.82) is 0 Å². The summed E-state index contributed by atoms with van der Waals surface area (Å²) in [6.45, 7) is 4.12. The second-order valence-electron chi connectivity index (χ2n) is 3.62. The van der Waals surface area contributed by atoms with Crippen LogP contribution < -0.4 is 5.73 Å². The molecule has 0 amide bonds. The number of hydrogen-bond donors (Lipinski definition) is 1. The average molecular weight is 189 g/mol. The highest BCUT2D eigenvalue weighted by Crippen LogP contribution is 2.19. The van der Waals surface area contributed by atoms with Gasteiger partial charge in [0.2, 0.25) is 0 Å². The van der Waals surface area contributed by atoms with Gasteiger partial charge in [-0.1, -0.05) is 0 Å². The molecule has 1 unspecified atom stereocenters. The van der Waals surface area contributed by atoms with Gasteiger partial charge in [0.1, 0.15) is 0 Å². The van der Waals surface area contributed by atoms with Gasteiger partial charge in [-0.05, 0) is 20.3 Å². The van der Waals surface area contributed by atoms with Gasteiger partial charge in [-0.2, -0.15) is 0 Å². The molecule has 0 fully saturated rings. The SMILES string of the molecule is COC(=O)C(CN)CC(C)(C)OC. The summed E-state index contributed by atoms with van der Waals surface area (Å²) >= 11 is 0. The first kappa shape index (κ1) is 12.4. The minimum absolute atomic E-state index is 0.271. The number of methoxy groups -OCH3 is 2. The van der Waals surface area contributed by atoms with Crippen molar-refractivity contribution in [3.8, 4) is 0 Å². The van der Waals surface area contributed by atoms with Crippen molar-refractivity contribution in [2.75, 3.05) is 20.8 Å². The van der Waals surface area contributed by atoms with Gasteiger partial charge in [0.15, 0.2) is 0 Å². The summed E-state index contributed by atoms with van der Waals surface area (Å²) < 4.78 is 9.82. The lowest BCUT2D eigenvalue weighted by Gasteiger charge is -2.26. The topological polar surface area (TPSA) is 61.5 Å². The zero-order valence-corrected chi connectivity index (χ0v) is 8.79. The van der Waals surface area contributed by atoms with Gasteiger partial charge < -0.3 is 15.2 Å². The van der Waals surface area contributed by atoms with Gasteiger partial charge in [0.25, 0.3) is 0 Å². The quantitative estimate of drug-likeness (QED) is 0.641. The Morgan fingerprint density at radius 2 is 2.00 bits per heavy atom. The van der Waals surface area contributed by atoms with Crippen molar-refractivity contribution >= 4 is 5.97 Å². The molecule has 2 N–H and O–H groups in total. The smallest absolute Gasteiger partial charge is 0.310 e. The van der Waals surface area contributed by atoms with Gasteiger partial charge in [-0.25, -0.2) is 0 Å². The van der Waals surface area contributed by atoms with Gasteiger partial charge in [-0.15, -0.1) is 0 Å². The molecule has 0 aliphatic carbocycles. The van der Waals surface area contributed by atoms with Gasteiger partial charge in [0, 0.05) is 13.7 Å². The van der Waals surface area contributed by atoms with E-state index in [4.69, 9.17) is 10.5 Å². The molecule has 0 aliphatic rings. The third-order valence-electron chi connectivity index (χ3n) is 2.11. The van der Waals surface area contributed by atoms with E-state index in [0.717, 1.165) is 0 Å². The maximum Gasteiger partial charge on any atom is 0.310 e. The van der Waals surface area contributed by atoms with E-state index < -0.39 is 0 Å².